The average molecular weight is 276 g/mol. The van der Waals surface area contributed by atoms with Gasteiger partial charge in [-0.05, 0) is 6.07 Å². The lowest BCUT2D eigenvalue weighted by Crippen LogP contribution is -2.09. The van der Waals surface area contributed by atoms with Gasteiger partial charge in [0.15, 0.2) is 0 Å². The lowest BCUT2D eigenvalue weighted by molar-refractivity contribution is 0.282. The Labute approximate surface area is 118 Å². The molecule has 0 atom stereocenters. The van der Waals surface area contributed by atoms with E-state index in [1.807, 2.05) is 30.5 Å². The van der Waals surface area contributed by atoms with Crippen molar-refractivity contribution in [1.82, 2.24) is 4.98 Å². The van der Waals surface area contributed by atoms with Crippen LogP contribution in [-0.2, 0) is 18.6 Å². The van der Waals surface area contributed by atoms with Crippen molar-refractivity contribution in [1.29, 1.82) is 0 Å². The maximum atomic E-state index is 9.28. The molecule has 2 rings (SSSR count). The first kappa shape index (κ1) is 14.0. The number of aromatic nitrogens is 1. The molecule has 4 heteroatoms. The summed E-state index contributed by atoms with van der Waals surface area (Å²) in [6.07, 6.45) is 1.93. The topological polar surface area (TPSA) is 45.2 Å². The van der Waals surface area contributed by atoms with Gasteiger partial charge in [-0.25, -0.2) is 4.98 Å². The van der Waals surface area contributed by atoms with Crippen molar-refractivity contribution in [2.45, 2.75) is 39.3 Å². The number of para-hydroxylation sites is 1. The summed E-state index contributed by atoms with van der Waals surface area (Å²) in [4.78, 5) is 5.68. The normalized spacial score (nSPS) is 11.6. The molecular weight excluding hydrogens is 256 g/mol. The largest absolute Gasteiger partial charge is 0.392 e. The molecule has 0 unspecified atom stereocenters. The molecule has 102 valence electrons. The fourth-order valence-electron chi connectivity index (χ4n) is 1.75. The van der Waals surface area contributed by atoms with Crippen molar-refractivity contribution < 1.29 is 5.11 Å². The molecule has 1 aromatic carbocycles. The summed E-state index contributed by atoms with van der Waals surface area (Å²) in [6, 6.07) is 7.81. The van der Waals surface area contributed by atoms with E-state index in [4.69, 9.17) is 0 Å². The van der Waals surface area contributed by atoms with Gasteiger partial charge in [0.1, 0.15) is 0 Å². The van der Waals surface area contributed by atoms with Gasteiger partial charge in [0, 0.05) is 27.7 Å². The first-order valence-corrected chi connectivity index (χ1v) is 7.20. The predicted molar refractivity (Wildman–Crippen MR) is 80.5 cm³/mol. The molecule has 0 amide bonds. The number of hydrogen-bond donors (Lipinski definition) is 2. The van der Waals surface area contributed by atoms with Crippen LogP contribution in [0.3, 0.4) is 0 Å². The molecule has 2 N–H and O–H groups in total. The minimum atomic E-state index is 0.0547. The van der Waals surface area contributed by atoms with E-state index >= 15 is 0 Å². The maximum Gasteiger partial charge on any atom is 0.0981 e. The fraction of sp³-hybridized carbons (Fsp3) is 0.400. The summed E-state index contributed by atoms with van der Waals surface area (Å²) in [5.74, 6) is 0. The second-order valence-corrected chi connectivity index (χ2v) is 6.67. The van der Waals surface area contributed by atoms with E-state index in [9.17, 15) is 5.11 Å². The lowest BCUT2D eigenvalue weighted by atomic mass is 9.98. The molecule has 0 spiro atoms. The number of anilines is 1. The Hall–Kier alpha value is -1.39. The summed E-state index contributed by atoms with van der Waals surface area (Å²) in [5.41, 5.74) is 2.00. The molecule has 0 saturated carbocycles. The quantitative estimate of drug-likeness (QED) is 0.897. The molecule has 3 nitrogen and oxygen atoms in total. The van der Waals surface area contributed by atoms with Crippen LogP contribution in [0.15, 0.2) is 30.5 Å². The molecule has 0 bridgehead atoms. The van der Waals surface area contributed by atoms with Crippen LogP contribution in [0.4, 0.5) is 5.69 Å². The number of aliphatic hydroxyl groups excluding tert-OH is 1. The molecule has 0 fully saturated rings. The van der Waals surface area contributed by atoms with Gasteiger partial charge in [0.05, 0.1) is 18.2 Å². The number of benzene rings is 1. The van der Waals surface area contributed by atoms with Gasteiger partial charge in [-0.2, -0.15) is 0 Å². The van der Waals surface area contributed by atoms with Crippen molar-refractivity contribution in [3.05, 3.63) is 45.9 Å². The molecule has 2 aromatic rings. The molecule has 0 aliphatic heterocycles. The zero-order chi connectivity index (χ0) is 13.9. The summed E-state index contributed by atoms with van der Waals surface area (Å²) in [5, 5.41) is 13.8. The number of rotatable bonds is 4. The van der Waals surface area contributed by atoms with Gasteiger partial charge in [-0.3, -0.25) is 0 Å². The maximum absolute atomic E-state index is 9.28. The fourth-order valence-corrected chi connectivity index (χ4v) is 2.66. The SMILES string of the molecule is CC(C)(C)c1ncc(CNc2ccccc2CO)s1. The standard InChI is InChI=1S/C15H20N2OS/c1-15(2,3)14-17-9-12(19-14)8-16-13-7-5-4-6-11(13)10-18/h4-7,9,16,18H,8,10H2,1-3H3. The Bertz CT molecular complexity index is 543. The zero-order valence-corrected chi connectivity index (χ0v) is 12.4. The van der Waals surface area contributed by atoms with Crippen LogP contribution in [0.5, 0.6) is 0 Å². The van der Waals surface area contributed by atoms with E-state index < -0.39 is 0 Å². The minimum absolute atomic E-state index is 0.0547. The van der Waals surface area contributed by atoms with E-state index in [0.29, 0.717) is 0 Å². The third-order valence-corrected chi connectivity index (χ3v) is 4.26. The summed E-state index contributed by atoms with van der Waals surface area (Å²) >= 11 is 1.74. The van der Waals surface area contributed by atoms with Crippen molar-refractivity contribution >= 4 is 17.0 Å². The second-order valence-electron chi connectivity index (χ2n) is 5.55. The number of nitrogens with one attached hydrogen (secondary N) is 1. The van der Waals surface area contributed by atoms with Gasteiger partial charge < -0.3 is 10.4 Å². The average Bonchev–Trinajstić information content (AvgIpc) is 2.85. The van der Waals surface area contributed by atoms with Crippen molar-refractivity contribution in [2.75, 3.05) is 5.32 Å². The van der Waals surface area contributed by atoms with E-state index in [1.165, 1.54) is 4.88 Å². The summed E-state index contributed by atoms with van der Waals surface area (Å²) < 4.78 is 0. The molecule has 1 aromatic heterocycles. The predicted octanol–water partition coefficient (Wildman–Crippen LogP) is 3.55. The Morgan fingerprint density at radius 2 is 2.00 bits per heavy atom. The molecular formula is C15H20N2OS. The zero-order valence-electron chi connectivity index (χ0n) is 11.6. The Morgan fingerprint density at radius 3 is 2.63 bits per heavy atom. The lowest BCUT2D eigenvalue weighted by Gasteiger charge is -2.13. The van der Waals surface area contributed by atoms with E-state index in [2.05, 4.69) is 31.1 Å². The van der Waals surface area contributed by atoms with Crippen molar-refractivity contribution in [3.8, 4) is 0 Å². The monoisotopic (exact) mass is 276 g/mol. The highest BCUT2D eigenvalue weighted by molar-refractivity contribution is 7.11. The molecule has 0 aliphatic carbocycles. The van der Waals surface area contributed by atoms with Crippen LogP contribution < -0.4 is 5.32 Å². The highest BCUT2D eigenvalue weighted by atomic mass is 32.1. The molecule has 19 heavy (non-hydrogen) atoms. The third kappa shape index (κ3) is 3.55. The van der Waals surface area contributed by atoms with Gasteiger partial charge in [0.2, 0.25) is 0 Å². The molecule has 1 heterocycles. The van der Waals surface area contributed by atoms with Gasteiger partial charge in [-0.1, -0.05) is 39.0 Å². The Kier molecular flexibility index (Phi) is 4.22. The van der Waals surface area contributed by atoms with Crippen LogP contribution in [-0.4, -0.2) is 10.1 Å². The van der Waals surface area contributed by atoms with Crippen LogP contribution in [0.25, 0.3) is 0 Å². The van der Waals surface area contributed by atoms with E-state index in [0.717, 1.165) is 22.8 Å². The third-order valence-electron chi connectivity index (χ3n) is 2.84. The Balaban J connectivity index is 2.05. The first-order valence-electron chi connectivity index (χ1n) is 6.38. The van der Waals surface area contributed by atoms with Gasteiger partial charge >= 0.3 is 0 Å². The summed E-state index contributed by atoms with van der Waals surface area (Å²) in [7, 11) is 0. The number of hydrogen-bond acceptors (Lipinski definition) is 4. The number of aliphatic hydroxyl groups is 1. The van der Waals surface area contributed by atoms with E-state index in [-0.39, 0.29) is 12.0 Å². The number of thiazole rings is 1. The molecule has 0 radical (unpaired) electrons. The van der Waals surface area contributed by atoms with Gasteiger partial charge in [-0.15, -0.1) is 11.3 Å². The smallest absolute Gasteiger partial charge is 0.0981 e. The first-order chi connectivity index (χ1) is 9.00. The second kappa shape index (κ2) is 5.72. The van der Waals surface area contributed by atoms with Crippen molar-refractivity contribution in [3.63, 3.8) is 0 Å². The molecule has 0 saturated heterocycles. The van der Waals surface area contributed by atoms with Crippen molar-refractivity contribution in [2.24, 2.45) is 0 Å². The minimum Gasteiger partial charge on any atom is -0.392 e. The van der Waals surface area contributed by atoms with E-state index in [1.54, 1.807) is 11.3 Å². The van der Waals surface area contributed by atoms with Crippen LogP contribution in [0.2, 0.25) is 0 Å². The highest BCUT2D eigenvalue weighted by Gasteiger charge is 2.17. The van der Waals surface area contributed by atoms with Crippen LogP contribution >= 0.6 is 11.3 Å². The van der Waals surface area contributed by atoms with Crippen LogP contribution in [0, 0.1) is 0 Å². The summed E-state index contributed by atoms with van der Waals surface area (Å²) in [6.45, 7) is 7.31. The highest BCUT2D eigenvalue weighted by Crippen LogP contribution is 2.27. The van der Waals surface area contributed by atoms with Crippen LogP contribution in [0.1, 0.15) is 36.2 Å². The Morgan fingerprint density at radius 1 is 1.26 bits per heavy atom. The number of nitrogens with zero attached hydrogens (tertiary/aromatic N) is 1. The molecule has 0 aliphatic rings. The van der Waals surface area contributed by atoms with Gasteiger partial charge in [0.25, 0.3) is 0 Å².